The molecule has 1 aromatic heterocycles. The van der Waals surface area contributed by atoms with Crippen LogP contribution in [0.4, 0.5) is 9.52 Å². The van der Waals surface area contributed by atoms with Crippen LogP contribution in [0.15, 0.2) is 29.6 Å². The Morgan fingerprint density at radius 3 is 2.74 bits per heavy atom. The van der Waals surface area contributed by atoms with Crippen LogP contribution in [0.5, 0.6) is 0 Å². The Hall–Kier alpha value is -2.28. The summed E-state index contributed by atoms with van der Waals surface area (Å²) in [5, 5.41) is 4.19. The summed E-state index contributed by atoms with van der Waals surface area (Å²) < 4.78 is 13.3. The molecule has 0 aliphatic carbocycles. The van der Waals surface area contributed by atoms with Crippen LogP contribution >= 0.6 is 11.3 Å². The van der Waals surface area contributed by atoms with Crippen molar-refractivity contribution in [3.05, 3.63) is 46.7 Å². The molecule has 0 fully saturated rings. The van der Waals surface area contributed by atoms with Gasteiger partial charge in [0.1, 0.15) is 11.5 Å². The summed E-state index contributed by atoms with van der Waals surface area (Å²) in [6.45, 7) is 0. The lowest BCUT2D eigenvalue weighted by Crippen LogP contribution is -2.16. The lowest BCUT2D eigenvalue weighted by Gasteiger charge is -2.02. The molecule has 0 aliphatic heterocycles. The van der Waals surface area contributed by atoms with Crippen molar-refractivity contribution in [2.24, 2.45) is 5.73 Å². The standard InChI is InChI=1S/C12H10FN3O2S/c13-8-4-2-1-3-7(8)5-10(17)16-12-15-9(6-19-12)11(14)18/h1-4,6H,5H2,(H2,14,18)(H,15,16,17). The molecule has 0 atom stereocenters. The fourth-order valence-corrected chi connectivity index (χ4v) is 2.14. The maximum Gasteiger partial charge on any atom is 0.268 e. The molecule has 19 heavy (non-hydrogen) atoms. The van der Waals surface area contributed by atoms with Crippen LogP contribution in [0.25, 0.3) is 0 Å². The number of thiazole rings is 1. The molecule has 3 N–H and O–H groups in total. The summed E-state index contributed by atoms with van der Waals surface area (Å²) in [5.41, 5.74) is 5.43. The van der Waals surface area contributed by atoms with E-state index in [9.17, 15) is 14.0 Å². The molecule has 0 spiro atoms. The first kappa shape index (κ1) is 13.2. The number of carbonyl (C=O) groups excluding carboxylic acids is 2. The van der Waals surface area contributed by atoms with Gasteiger partial charge < -0.3 is 11.1 Å². The van der Waals surface area contributed by atoms with Crippen molar-refractivity contribution in [3.8, 4) is 0 Å². The Bertz CT molecular complexity index is 627. The number of nitrogens with one attached hydrogen (secondary N) is 1. The van der Waals surface area contributed by atoms with Crippen molar-refractivity contribution in [3.63, 3.8) is 0 Å². The van der Waals surface area contributed by atoms with Gasteiger partial charge in [0.25, 0.3) is 5.91 Å². The van der Waals surface area contributed by atoms with Crippen molar-refractivity contribution in [2.45, 2.75) is 6.42 Å². The van der Waals surface area contributed by atoms with Crippen LogP contribution in [0.3, 0.4) is 0 Å². The first-order chi connectivity index (χ1) is 9.06. The molecule has 0 bridgehead atoms. The van der Waals surface area contributed by atoms with Gasteiger partial charge in [0.15, 0.2) is 5.13 Å². The number of hydrogen-bond acceptors (Lipinski definition) is 4. The quantitative estimate of drug-likeness (QED) is 0.890. The third-order valence-electron chi connectivity index (χ3n) is 2.31. The van der Waals surface area contributed by atoms with Crippen LogP contribution in [0, 0.1) is 5.82 Å². The average molecular weight is 279 g/mol. The minimum atomic E-state index is -0.661. The number of nitrogens with two attached hydrogens (primary N) is 1. The zero-order chi connectivity index (χ0) is 13.8. The van der Waals surface area contributed by atoms with Crippen LogP contribution in [-0.4, -0.2) is 16.8 Å². The number of rotatable bonds is 4. The molecule has 7 heteroatoms. The Balaban J connectivity index is 2.01. The summed E-state index contributed by atoms with van der Waals surface area (Å²) in [7, 11) is 0. The van der Waals surface area contributed by atoms with Gasteiger partial charge in [-0.2, -0.15) is 0 Å². The molecule has 98 valence electrons. The van der Waals surface area contributed by atoms with E-state index in [0.29, 0.717) is 5.56 Å². The lowest BCUT2D eigenvalue weighted by molar-refractivity contribution is -0.115. The first-order valence-electron chi connectivity index (χ1n) is 5.35. The smallest absolute Gasteiger partial charge is 0.268 e. The maximum atomic E-state index is 13.3. The molecule has 5 nitrogen and oxygen atoms in total. The van der Waals surface area contributed by atoms with Crippen LogP contribution in [0.2, 0.25) is 0 Å². The van der Waals surface area contributed by atoms with Crippen molar-refractivity contribution in [1.29, 1.82) is 0 Å². The number of primary amides is 1. The Morgan fingerprint density at radius 2 is 2.11 bits per heavy atom. The normalized spacial score (nSPS) is 10.2. The zero-order valence-corrected chi connectivity index (χ0v) is 10.5. The second-order valence-electron chi connectivity index (χ2n) is 3.72. The van der Waals surface area contributed by atoms with Gasteiger partial charge in [0.05, 0.1) is 6.42 Å². The third-order valence-corrected chi connectivity index (χ3v) is 3.07. The van der Waals surface area contributed by atoms with E-state index in [0.717, 1.165) is 11.3 Å². The average Bonchev–Trinajstić information content (AvgIpc) is 2.80. The van der Waals surface area contributed by atoms with E-state index in [1.54, 1.807) is 12.1 Å². The van der Waals surface area contributed by atoms with E-state index in [1.807, 2.05) is 0 Å². The van der Waals surface area contributed by atoms with Crippen LogP contribution < -0.4 is 11.1 Å². The number of halogens is 1. The number of amides is 2. The summed E-state index contributed by atoms with van der Waals surface area (Å²) in [5.74, 6) is -1.50. The molecule has 2 rings (SSSR count). The summed E-state index contributed by atoms with van der Waals surface area (Å²) in [4.78, 5) is 26.4. The third kappa shape index (κ3) is 3.35. The maximum absolute atomic E-state index is 13.3. The first-order valence-corrected chi connectivity index (χ1v) is 6.23. The lowest BCUT2D eigenvalue weighted by atomic mass is 10.1. The number of aromatic nitrogens is 1. The Kier molecular flexibility index (Phi) is 3.86. The number of nitrogens with zero attached hydrogens (tertiary/aromatic N) is 1. The largest absolute Gasteiger partial charge is 0.364 e. The highest BCUT2D eigenvalue weighted by atomic mass is 32.1. The number of anilines is 1. The number of hydrogen-bond donors (Lipinski definition) is 2. The molecule has 2 aromatic rings. The monoisotopic (exact) mass is 279 g/mol. The topological polar surface area (TPSA) is 85.1 Å². The molecule has 2 amide bonds. The van der Waals surface area contributed by atoms with E-state index in [4.69, 9.17) is 5.73 Å². The predicted octanol–water partition coefficient (Wildman–Crippen LogP) is 1.56. The predicted molar refractivity (Wildman–Crippen MR) is 69.4 cm³/mol. The fraction of sp³-hybridized carbons (Fsp3) is 0.0833. The Labute approximate surface area is 112 Å². The van der Waals surface area contributed by atoms with Crippen molar-refractivity contribution < 1.29 is 14.0 Å². The Morgan fingerprint density at radius 1 is 1.37 bits per heavy atom. The van der Waals surface area contributed by atoms with Gasteiger partial charge in [-0.15, -0.1) is 11.3 Å². The number of carbonyl (C=O) groups is 2. The highest BCUT2D eigenvalue weighted by molar-refractivity contribution is 7.14. The van der Waals surface area contributed by atoms with E-state index < -0.39 is 17.6 Å². The molecule has 1 heterocycles. The second kappa shape index (κ2) is 5.57. The van der Waals surface area contributed by atoms with Crippen molar-refractivity contribution in [2.75, 3.05) is 5.32 Å². The van der Waals surface area contributed by atoms with Gasteiger partial charge in [-0.25, -0.2) is 9.37 Å². The SMILES string of the molecule is NC(=O)c1csc(NC(=O)Cc2ccccc2F)n1. The highest BCUT2D eigenvalue weighted by Gasteiger charge is 2.11. The fourth-order valence-electron chi connectivity index (χ4n) is 1.42. The van der Waals surface area contributed by atoms with E-state index in [-0.39, 0.29) is 17.2 Å². The van der Waals surface area contributed by atoms with Gasteiger partial charge in [-0.3, -0.25) is 9.59 Å². The minimum absolute atomic E-state index is 0.0891. The number of benzene rings is 1. The molecule has 0 radical (unpaired) electrons. The molecular formula is C12H10FN3O2S. The van der Waals surface area contributed by atoms with Gasteiger partial charge >= 0.3 is 0 Å². The highest BCUT2D eigenvalue weighted by Crippen LogP contribution is 2.16. The van der Waals surface area contributed by atoms with Gasteiger partial charge in [0, 0.05) is 5.38 Å². The zero-order valence-electron chi connectivity index (χ0n) is 9.72. The minimum Gasteiger partial charge on any atom is -0.364 e. The van der Waals surface area contributed by atoms with E-state index in [2.05, 4.69) is 10.3 Å². The van der Waals surface area contributed by atoms with E-state index in [1.165, 1.54) is 17.5 Å². The molecule has 0 aliphatic rings. The molecule has 1 aromatic carbocycles. The van der Waals surface area contributed by atoms with Gasteiger partial charge in [-0.1, -0.05) is 18.2 Å². The van der Waals surface area contributed by atoms with Crippen molar-refractivity contribution >= 4 is 28.3 Å². The van der Waals surface area contributed by atoms with Crippen LogP contribution in [0.1, 0.15) is 16.1 Å². The molecule has 0 saturated heterocycles. The van der Waals surface area contributed by atoms with Crippen molar-refractivity contribution in [1.82, 2.24) is 4.98 Å². The summed E-state index contributed by atoms with van der Waals surface area (Å²) in [6.07, 6.45) is -0.0990. The van der Waals surface area contributed by atoms with Crippen LogP contribution in [-0.2, 0) is 11.2 Å². The molecular weight excluding hydrogens is 269 g/mol. The van der Waals surface area contributed by atoms with Gasteiger partial charge in [0.2, 0.25) is 5.91 Å². The van der Waals surface area contributed by atoms with E-state index >= 15 is 0 Å². The molecule has 0 saturated carbocycles. The summed E-state index contributed by atoms with van der Waals surface area (Å²) >= 11 is 1.08. The second-order valence-corrected chi connectivity index (χ2v) is 4.58. The van der Waals surface area contributed by atoms with Gasteiger partial charge in [-0.05, 0) is 11.6 Å². The summed E-state index contributed by atoms with van der Waals surface area (Å²) in [6, 6.07) is 6.03. The molecule has 0 unspecified atom stereocenters.